The number of halogens is 3. The van der Waals surface area contributed by atoms with Gasteiger partial charge in [0, 0.05) is 24.2 Å². The quantitative estimate of drug-likeness (QED) is 0.836. The van der Waals surface area contributed by atoms with Gasteiger partial charge in [0.25, 0.3) is 0 Å². The average Bonchev–Trinajstić information content (AvgIpc) is 2.41. The summed E-state index contributed by atoms with van der Waals surface area (Å²) < 4.78 is 19.6. The van der Waals surface area contributed by atoms with Gasteiger partial charge in [0.05, 0.1) is 16.8 Å². The van der Waals surface area contributed by atoms with Crippen LogP contribution in [-0.4, -0.2) is 24.1 Å². The third-order valence-electron chi connectivity index (χ3n) is 2.61. The number of nitrogens with zero attached hydrogens (tertiary/aromatic N) is 2. The summed E-state index contributed by atoms with van der Waals surface area (Å²) in [7, 11) is 3.37. The molecular weight excluding hydrogens is 393 g/mol. The van der Waals surface area contributed by atoms with Crippen molar-refractivity contribution in [1.82, 2.24) is 9.97 Å². The molecule has 0 fully saturated rings. The van der Waals surface area contributed by atoms with Gasteiger partial charge < -0.3 is 10.1 Å². The van der Waals surface area contributed by atoms with Gasteiger partial charge in [0.1, 0.15) is 11.6 Å². The average molecular weight is 405 g/mol. The molecule has 0 unspecified atom stereocenters. The summed E-state index contributed by atoms with van der Waals surface area (Å²) in [5.74, 6) is 0.832. The molecule has 4 nitrogen and oxygen atoms in total. The number of rotatable bonds is 4. The predicted octanol–water partition coefficient (Wildman–Crippen LogP) is 4.00. The van der Waals surface area contributed by atoms with Crippen molar-refractivity contribution in [1.29, 1.82) is 0 Å². The molecule has 7 heteroatoms. The standard InChI is InChI=1S/C13H12Br2FN3O/c1-17-13-11(15)10(6-20-2)18-12(19-13)8-4-3-7(16)5-9(8)14/h3-5H,6H2,1-2H3,(H,17,18,19). The van der Waals surface area contributed by atoms with Crippen molar-refractivity contribution in [2.75, 3.05) is 19.5 Å². The van der Waals surface area contributed by atoms with E-state index < -0.39 is 0 Å². The van der Waals surface area contributed by atoms with Gasteiger partial charge in [-0.25, -0.2) is 14.4 Å². The lowest BCUT2D eigenvalue weighted by Crippen LogP contribution is -2.04. The van der Waals surface area contributed by atoms with Crippen LogP contribution in [-0.2, 0) is 11.3 Å². The molecular formula is C13H12Br2FN3O. The van der Waals surface area contributed by atoms with Crippen molar-refractivity contribution in [2.45, 2.75) is 6.61 Å². The lowest BCUT2D eigenvalue weighted by atomic mass is 10.2. The van der Waals surface area contributed by atoms with Gasteiger partial charge in [-0.3, -0.25) is 0 Å². The van der Waals surface area contributed by atoms with E-state index in [1.165, 1.54) is 12.1 Å². The molecule has 0 atom stereocenters. The highest BCUT2D eigenvalue weighted by Gasteiger charge is 2.14. The summed E-state index contributed by atoms with van der Waals surface area (Å²) in [6.45, 7) is 0.351. The number of methoxy groups -OCH3 is 1. The van der Waals surface area contributed by atoms with Crippen LogP contribution in [0.15, 0.2) is 27.1 Å². The van der Waals surface area contributed by atoms with E-state index in [4.69, 9.17) is 4.74 Å². The minimum absolute atomic E-state index is 0.316. The fourth-order valence-corrected chi connectivity index (χ4v) is 2.70. The van der Waals surface area contributed by atoms with Gasteiger partial charge in [-0.1, -0.05) is 0 Å². The Hall–Kier alpha value is -1.05. The number of ether oxygens (including phenoxy) is 1. The van der Waals surface area contributed by atoms with Crippen LogP contribution in [0.1, 0.15) is 5.69 Å². The number of hydrogen-bond donors (Lipinski definition) is 1. The van der Waals surface area contributed by atoms with E-state index in [1.54, 1.807) is 20.2 Å². The zero-order chi connectivity index (χ0) is 14.7. The van der Waals surface area contributed by atoms with E-state index in [9.17, 15) is 4.39 Å². The first-order chi connectivity index (χ1) is 9.56. The lowest BCUT2D eigenvalue weighted by molar-refractivity contribution is 0.181. The smallest absolute Gasteiger partial charge is 0.163 e. The summed E-state index contributed by atoms with van der Waals surface area (Å²) in [4.78, 5) is 8.87. The summed E-state index contributed by atoms with van der Waals surface area (Å²) >= 11 is 6.77. The summed E-state index contributed by atoms with van der Waals surface area (Å²) in [5, 5.41) is 2.99. The van der Waals surface area contributed by atoms with Gasteiger partial charge in [-0.05, 0) is 50.1 Å². The summed E-state index contributed by atoms with van der Waals surface area (Å²) in [6, 6.07) is 4.40. The number of aromatic nitrogens is 2. The number of benzene rings is 1. The van der Waals surface area contributed by atoms with Gasteiger partial charge >= 0.3 is 0 Å². The van der Waals surface area contributed by atoms with E-state index in [2.05, 4.69) is 47.1 Å². The second-order valence-electron chi connectivity index (χ2n) is 3.96. The second-order valence-corrected chi connectivity index (χ2v) is 5.61. The number of anilines is 1. The van der Waals surface area contributed by atoms with Crippen LogP contribution in [0.5, 0.6) is 0 Å². The molecule has 2 rings (SSSR count). The Morgan fingerprint density at radius 1 is 1.30 bits per heavy atom. The number of nitrogens with one attached hydrogen (secondary N) is 1. The highest BCUT2D eigenvalue weighted by atomic mass is 79.9. The fraction of sp³-hybridized carbons (Fsp3) is 0.231. The Labute approximate surface area is 133 Å². The first-order valence-electron chi connectivity index (χ1n) is 5.75. The second kappa shape index (κ2) is 6.60. The molecule has 1 N–H and O–H groups in total. The van der Waals surface area contributed by atoms with Crippen LogP contribution < -0.4 is 5.32 Å². The molecule has 0 aliphatic rings. The minimum Gasteiger partial charge on any atom is -0.378 e. The molecule has 0 saturated carbocycles. The molecule has 0 aliphatic heterocycles. The third-order valence-corrected chi connectivity index (χ3v) is 4.10. The molecule has 0 radical (unpaired) electrons. The van der Waals surface area contributed by atoms with Crippen LogP contribution in [0, 0.1) is 5.82 Å². The highest BCUT2D eigenvalue weighted by Crippen LogP contribution is 2.31. The molecule has 0 amide bonds. The molecule has 1 aromatic heterocycles. The monoisotopic (exact) mass is 403 g/mol. The van der Waals surface area contributed by atoms with Crippen LogP contribution >= 0.6 is 31.9 Å². The SMILES string of the molecule is CNc1nc(-c2ccc(F)cc2Br)nc(COC)c1Br. The van der Waals surface area contributed by atoms with Crippen molar-refractivity contribution in [2.24, 2.45) is 0 Å². The summed E-state index contributed by atoms with van der Waals surface area (Å²) in [5.41, 5.74) is 1.44. The molecule has 20 heavy (non-hydrogen) atoms. The van der Waals surface area contributed by atoms with E-state index in [-0.39, 0.29) is 5.82 Å². The fourth-order valence-electron chi connectivity index (χ4n) is 1.68. The van der Waals surface area contributed by atoms with Crippen molar-refractivity contribution >= 4 is 37.7 Å². The Bertz CT molecular complexity index is 637. The topological polar surface area (TPSA) is 47.0 Å². The van der Waals surface area contributed by atoms with Crippen molar-refractivity contribution in [3.8, 4) is 11.4 Å². The van der Waals surface area contributed by atoms with Crippen LogP contribution in [0.25, 0.3) is 11.4 Å². The normalized spacial score (nSPS) is 10.7. The van der Waals surface area contributed by atoms with Gasteiger partial charge in [0.15, 0.2) is 5.82 Å². The van der Waals surface area contributed by atoms with Crippen molar-refractivity contribution in [3.63, 3.8) is 0 Å². The molecule has 1 aromatic carbocycles. The third kappa shape index (κ3) is 3.16. The van der Waals surface area contributed by atoms with E-state index in [0.29, 0.717) is 28.3 Å². The van der Waals surface area contributed by atoms with Gasteiger partial charge in [-0.2, -0.15) is 0 Å². The predicted molar refractivity (Wildman–Crippen MR) is 83.1 cm³/mol. The molecule has 2 aromatic rings. The zero-order valence-electron chi connectivity index (χ0n) is 10.9. The molecule has 1 heterocycles. The Balaban J connectivity index is 2.58. The minimum atomic E-state index is -0.316. The molecule has 106 valence electrons. The summed E-state index contributed by atoms with van der Waals surface area (Å²) in [6.07, 6.45) is 0. The first-order valence-corrected chi connectivity index (χ1v) is 7.34. The maximum absolute atomic E-state index is 13.2. The maximum atomic E-state index is 13.2. The van der Waals surface area contributed by atoms with E-state index >= 15 is 0 Å². The van der Waals surface area contributed by atoms with E-state index in [0.717, 1.165) is 10.2 Å². The first kappa shape index (κ1) is 15.3. The highest BCUT2D eigenvalue weighted by molar-refractivity contribution is 9.11. The Morgan fingerprint density at radius 3 is 2.65 bits per heavy atom. The molecule has 0 bridgehead atoms. The van der Waals surface area contributed by atoms with Crippen molar-refractivity contribution < 1.29 is 9.13 Å². The van der Waals surface area contributed by atoms with Gasteiger partial charge in [-0.15, -0.1) is 0 Å². The largest absolute Gasteiger partial charge is 0.378 e. The maximum Gasteiger partial charge on any atom is 0.163 e. The van der Waals surface area contributed by atoms with Crippen LogP contribution in [0.4, 0.5) is 10.2 Å². The van der Waals surface area contributed by atoms with Crippen LogP contribution in [0.2, 0.25) is 0 Å². The van der Waals surface area contributed by atoms with Crippen molar-refractivity contribution in [3.05, 3.63) is 38.7 Å². The molecule has 0 saturated heterocycles. The Kier molecular flexibility index (Phi) is 5.06. The number of hydrogen-bond acceptors (Lipinski definition) is 4. The lowest BCUT2D eigenvalue weighted by Gasteiger charge is -2.11. The molecule has 0 aliphatic carbocycles. The van der Waals surface area contributed by atoms with Gasteiger partial charge in [0.2, 0.25) is 0 Å². The zero-order valence-corrected chi connectivity index (χ0v) is 14.0. The Morgan fingerprint density at radius 2 is 2.05 bits per heavy atom. The van der Waals surface area contributed by atoms with E-state index in [1.807, 2.05) is 0 Å². The van der Waals surface area contributed by atoms with Crippen LogP contribution in [0.3, 0.4) is 0 Å². The molecule has 0 spiro atoms.